The number of hydrogen-bond donors (Lipinski definition) is 2. The van der Waals surface area contributed by atoms with Gasteiger partial charge < -0.3 is 29.0 Å². The lowest BCUT2D eigenvalue weighted by Gasteiger charge is -2.37. The number of piperazine rings is 1. The molecule has 1 fully saturated rings. The van der Waals surface area contributed by atoms with Gasteiger partial charge in [0.25, 0.3) is 5.91 Å². The fourth-order valence-corrected chi connectivity index (χ4v) is 5.37. The highest BCUT2D eigenvalue weighted by molar-refractivity contribution is 7.80. The van der Waals surface area contributed by atoms with E-state index in [1.54, 1.807) is 6.26 Å². The van der Waals surface area contributed by atoms with Gasteiger partial charge in [0.15, 0.2) is 11.5 Å². The van der Waals surface area contributed by atoms with Crippen LogP contribution in [0, 0.1) is 5.92 Å². The van der Waals surface area contributed by atoms with Crippen LogP contribution < -0.4 is 0 Å². The Kier molecular flexibility index (Phi) is 11.6. The van der Waals surface area contributed by atoms with E-state index in [0.717, 1.165) is 56.6 Å². The lowest BCUT2D eigenvalue weighted by molar-refractivity contribution is -0.155. The molecule has 3 aliphatic heterocycles. The summed E-state index contributed by atoms with van der Waals surface area (Å²) in [5.41, 5.74) is 3.58. The summed E-state index contributed by atoms with van der Waals surface area (Å²) in [6.45, 7) is 8.27. The third-order valence-electron chi connectivity index (χ3n) is 7.36. The first kappa shape index (κ1) is 29.5. The highest BCUT2D eigenvalue weighted by Gasteiger charge is 2.33. The van der Waals surface area contributed by atoms with E-state index >= 15 is 0 Å². The van der Waals surface area contributed by atoms with Crippen LogP contribution in [0.4, 0.5) is 0 Å². The second-order valence-electron chi connectivity index (χ2n) is 10.2. The van der Waals surface area contributed by atoms with Crippen LogP contribution in [0.3, 0.4) is 0 Å². The van der Waals surface area contributed by atoms with Crippen LogP contribution in [0.15, 0.2) is 71.5 Å². The summed E-state index contributed by atoms with van der Waals surface area (Å²) in [6, 6.07) is 0. The summed E-state index contributed by atoms with van der Waals surface area (Å²) in [5.74, 6) is 1.77. The minimum absolute atomic E-state index is 0.0474. The number of aliphatic hydroxyl groups excluding tert-OH is 1. The molecule has 39 heavy (non-hydrogen) atoms. The molecule has 4 rings (SSSR count). The molecule has 0 aromatic carbocycles. The van der Waals surface area contributed by atoms with Gasteiger partial charge in [-0.05, 0) is 55.4 Å². The molecule has 0 radical (unpaired) electrons. The van der Waals surface area contributed by atoms with Crippen molar-refractivity contribution in [3.63, 3.8) is 0 Å². The average Bonchev–Trinajstić information content (AvgIpc) is 3.36. The number of carbonyl (C=O) groups excluding carboxylic acids is 1. The van der Waals surface area contributed by atoms with Crippen LogP contribution in [0.2, 0.25) is 0 Å². The molecule has 214 valence electrons. The molecule has 8 nitrogen and oxygen atoms in total. The largest absolute Gasteiger partial charge is 0.461 e. The summed E-state index contributed by atoms with van der Waals surface area (Å²) >= 11 is 4.51. The SMILES string of the molecule is C=C/C(=C\C1=COCO1)CN1CCN(C(=O)C2=C[C@@H](C3=CCCCC(CS)=C3)C[C@@H](OCCCCO)O2)CC1. The molecule has 0 saturated carbocycles. The first-order chi connectivity index (χ1) is 19.1. The fourth-order valence-electron chi connectivity index (χ4n) is 5.12. The maximum absolute atomic E-state index is 13.6. The van der Waals surface area contributed by atoms with Gasteiger partial charge in [0, 0.05) is 57.4 Å². The number of hydrogen-bond acceptors (Lipinski definition) is 8. The lowest BCUT2D eigenvalue weighted by Crippen LogP contribution is -2.50. The van der Waals surface area contributed by atoms with E-state index in [1.165, 1.54) is 11.1 Å². The van der Waals surface area contributed by atoms with Gasteiger partial charge in [0.1, 0.15) is 6.26 Å². The Hall–Kier alpha value is -2.46. The summed E-state index contributed by atoms with van der Waals surface area (Å²) < 4.78 is 22.7. The van der Waals surface area contributed by atoms with Gasteiger partial charge in [-0.25, -0.2) is 0 Å². The number of nitrogens with zero attached hydrogens (tertiary/aromatic N) is 2. The summed E-state index contributed by atoms with van der Waals surface area (Å²) in [6.07, 6.45) is 16.7. The second-order valence-corrected chi connectivity index (χ2v) is 10.5. The quantitative estimate of drug-likeness (QED) is 0.212. The molecular formula is C30H42N2O6S. The van der Waals surface area contributed by atoms with Gasteiger partial charge in [0.05, 0.1) is 6.61 Å². The normalized spacial score (nSPS) is 24.4. The zero-order chi connectivity index (χ0) is 27.5. The van der Waals surface area contributed by atoms with Crippen molar-refractivity contribution < 1.29 is 28.8 Å². The van der Waals surface area contributed by atoms with Crippen LogP contribution in [0.1, 0.15) is 38.5 Å². The monoisotopic (exact) mass is 558 g/mol. The van der Waals surface area contributed by atoms with E-state index < -0.39 is 6.29 Å². The molecule has 2 atom stereocenters. The number of aliphatic hydroxyl groups is 1. The summed E-state index contributed by atoms with van der Waals surface area (Å²) in [4.78, 5) is 17.8. The number of thiol groups is 1. The molecule has 1 saturated heterocycles. The first-order valence-electron chi connectivity index (χ1n) is 14.0. The van der Waals surface area contributed by atoms with Gasteiger partial charge in [-0.2, -0.15) is 12.6 Å². The molecule has 0 bridgehead atoms. The Bertz CT molecular complexity index is 1010. The molecule has 1 amide bonds. The molecule has 0 spiro atoms. The van der Waals surface area contributed by atoms with Gasteiger partial charge in [-0.1, -0.05) is 30.4 Å². The van der Waals surface area contributed by atoms with Crippen LogP contribution in [-0.4, -0.2) is 85.6 Å². The second kappa shape index (κ2) is 15.4. The van der Waals surface area contributed by atoms with Crippen molar-refractivity contribution in [3.05, 3.63) is 71.5 Å². The molecule has 1 N–H and O–H groups in total. The molecule has 4 aliphatic rings. The Morgan fingerprint density at radius 1 is 1.26 bits per heavy atom. The average molecular weight is 559 g/mol. The summed E-state index contributed by atoms with van der Waals surface area (Å²) in [7, 11) is 0. The summed E-state index contributed by atoms with van der Waals surface area (Å²) in [5, 5.41) is 9.10. The topological polar surface area (TPSA) is 80.7 Å². The Morgan fingerprint density at radius 2 is 2.10 bits per heavy atom. The van der Waals surface area contributed by atoms with Crippen LogP contribution in [0.5, 0.6) is 0 Å². The van der Waals surface area contributed by atoms with Gasteiger partial charge in [-0.3, -0.25) is 9.69 Å². The van der Waals surface area contributed by atoms with Crippen molar-refractivity contribution in [3.8, 4) is 0 Å². The van der Waals surface area contributed by atoms with Crippen LogP contribution in [0.25, 0.3) is 0 Å². The van der Waals surface area contributed by atoms with E-state index in [2.05, 4.69) is 36.3 Å². The molecule has 0 unspecified atom stereocenters. The number of unbranched alkanes of at least 4 members (excludes halogenated alkanes) is 1. The number of rotatable bonds is 12. The number of amides is 1. The standard InChI is InChI=1S/C30H42N2O6S/c1-2-23(16-27-20-35-22-37-27)19-31-9-11-32(12-10-31)30(34)28-17-26(18-29(38-28)36-14-6-5-13-33)25-8-4-3-7-24(15-25)21-39/h2,8,15-17,20,26,29,33,39H,1,3-7,9-14,18-19,21-22H2/b23-16+/t26-,29+/m1/s1. The van der Waals surface area contributed by atoms with Crippen LogP contribution in [-0.2, 0) is 23.7 Å². The molecule has 0 aromatic rings. The van der Waals surface area contributed by atoms with E-state index in [4.69, 9.17) is 24.1 Å². The molecule has 9 heteroatoms. The van der Waals surface area contributed by atoms with Crippen molar-refractivity contribution in [1.29, 1.82) is 0 Å². The van der Waals surface area contributed by atoms with E-state index in [-0.39, 0.29) is 25.2 Å². The Balaban J connectivity index is 1.40. The predicted octanol–water partition coefficient (Wildman–Crippen LogP) is 4.09. The van der Waals surface area contributed by atoms with Crippen molar-refractivity contribution in [1.82, 2.24) is 9.80 Å². The zero-order valence-corrected chi connectivity index (χ0v) is 23.7. The molecule has 0 aromatic heterocycles. The van der Waals surface area contributed by atoms with E-state index in [0.29, 0.717) is 44.1 Å². The lowest BCUT2D eigenvalue weighted by atomic mass is 9.91. The smallest absolute Gasteiger partial charge is 0.288 e. The molecular weight excluding hydrogens is 516 g/mol. The number of ether oxygens (including phenoxy) is 4. The van der Waals surface area contributed by atoms with Gasteiger partial charge in [0.2, 0.25) is 13.1 Å². The predicted molar refractivity (Wildman–Crippen MR) is 154 cm³/mol. The van der Waals surface area contributed by atoms with E-state index in [9.17, 15) is 4.79 Å². The molecule has 1 aliphatic carbocycles. The van der Waals surface area contributed by atoms with Gasteiger partial charge >= 0.3 is 0 Å². The highest BCUT2D eigenvalue weighted by atomic mass is 32.1. The maximum atomic E-state index is 13.6. The maximum Gasteiger partial charge on any atom is 0.288 e. The van der Waals surface area contributed by atoms with Crippen LogP contribution >= 0.6 is 12.6 Å². The van der Waals surface area contributed by atoms with Crippen molar-refractivity contribution in [2.45, 2.75) is 44.8 Å². The Labute approximate surface area is 237 Å². The minimum Gasteiger partial charge on any atom is -0.461 e. The van der Waals surface area contributed by atoms with Crippen molar-refractivity contribution in [2.75, 3.05) is 58.5 Å². The van der Waals surface area contributed by atoms with Crippen molar-refractivity contribution >= 4 is 18.5 Å². The van der Waals surface area contributed by atoms with E-state index in [1.807, 2.05) is 23.1 Å². The third-order valence-corrected chi connectivity index (χ3v) is 7.76. The Morgan fingerprint density at radius 3 is 2.82 bits per heavy atom. The highest BCUT2D eigenvalue weighted by Crippen LogP contribution is 2.33. The number of allylic oxidation sites excluding steroid dienone is 5. The zero-order valence-electron chi connectivity index (χ0n) is 22.8. The number of carbonyl (C=O) groups is 1. The third kappa shape index (κ3) is 8.76. The molecule has 3 heterocycles. The first-order valence-corrected chi connectivity index (χ1v) is 14.6. The minimum atomic E-state index is -0.493. The van der Waals surface area contributed by atoms with Crippen molar-refractivity contribution in [2.24, 2.45) is 5.92 Å². The fraction of sp³-hybridized carbons (Fsp3) is 0.567. The van der Waals surface area contributed by atoms with Gasteiger partial charge in [-0.15, -0.1) is 0 Å².